The summed E-state index contributed by atoms with van der Waals surface area (Å²) in [7, 11) is 0. The van der Waals surface area contributed by atoms with E-state index in [0.717, 1.165) is 31.4 Å². The van der Waals surface area contributed by atoms with Gasteiger partial charge in [-0.2, -0.15) is 0 Å². The Morgan fingerprint density at radius 1 is 1.18 bits per heavy atom. The van der Waals surface area contributed by atoms with Crippen molar-refractivity contribution < 1.29 is 9.53 Å². The standard InChI is InChI=1S/C14H15ClO2/c15-10-3-5-11(6-4-10)17-13-9-12(16)14(13)7-1-2-8-14/h3-6,13H,1-2,7-9H2. The maximum Gasteiger partial charge on any atom is 0.146 e. The van der Waals surface area contributed by atoms with E-state index < -0.39 is 0 Å². The Labute approximate surface area is 106 Å². The van der Waals surface area contributed by atoms with Gasteiger partial charge in [0.25, 0.3) is 0 Å². The molecule has 2 aliphatic carbocycles. The van der Waals surface area contributed by atoms with Gasteiger partial charge in [0, 0.05) is 11.4 Å². The highest BCUT2D eigenvalue weighted by molar-refractivity contribution is 6.30. The molecule has 0 aromatic heterocycles. The summed E-state index contributed by atoms with van der Waals surface area (Å²) < 4.78 is 5.93. The van der Waals surface area contributed by atoms with E-state index in [2.05, 4.69) is 0 Å². The molecular formula is C14H15ClO2. The van der Waals surface area contributed by atoms with E-state index in [-0.39, 0.29) is 11.5 Å². The Bertz CT molecular complexity index is 432. The summed E-state index contributed by atoms with van der Waals surface area (Å²) in [6.45, 7) is 0. The van der Waals surface area contributed by atoms with Gasteiger partial charge in [0.15, 0.2) is 0 Å². The van der Waals surface area contributed by atoms with Crippen molar-refractivity contribution in [1.82, 2.24) is 0 Å². The minimum Gasteiger partial charge on any atom is -0.489 e. The Hall–Kier alpha value is -1.02. The first-order valence-electron chi connectivity index (χ1n) is 6.16. The summed E-state index contributed by atoms with van der Waals surface area (Å²) in [5.74, 6) is 1.21. The van der Waals surface area contributed by atoms with Gasteiger partial charge in [-0.1, -0.05) is 24.4 Å². The molecule has 0 N–H and O–H groups in total. The predicted octanol–water partition coefficient (Wildman–Crippen LogP) is 3.62. The fourth-order valence-corrected chi connectivity index (χ4v) is 3.18. The molecule has 3 rings (SSSR count). The molecule has 90 valence electrons. The zero-order valence-electron chi connectivity index (χ0n) is 9.62. The maximum atomic E-state index is 11.8. The van der Waals surface area contributed by atoms with Crippen LogP contribution in [0.2, 0.25) is 5.02 Å². The van der Waals surface area contributed by atoms with Crippen LogP contribution in [-0.2, 0) is 4.79 Å². The molecule has 0 aliphatic heterocycles. The normalized spacial score (nSPS) is 25.9. The molecule has 0 radical (unpaired) electrons. The van der Waals surface area contributed by atoms with E-state index >= 15 is 0 Å². The van der Waals surface area contributed by atoms with E-state index in [1.807, 2.05) is 24.3 Å². The summed E-state index contributed by atoms with van der Waals surface area (Å²) in [6, 6.07) is 7.37. The molecule has 1 unspecified atom stereocenters. The lowest BCUT2D eigenvalue weighted by atomic mass is 9.63. The van der Waals surface area contributed by atoms with E-state index in [1.54, 1.807) is 0 Å². The molecule has 3 heteroatoms. The average molecular weight is 251 g/mol. The zero-order chi connectivity index (χ0) is 11.9. The molecular weight excluding hydrogens is 236 g/mol. The van der Waals surface area contributed by atoms with Gasteiger partial charge in [0.2, 0.25) is 0 Å². The minimum absolute atomic E-state index is 0.0821. The molecule has 0 heterocycles. The van der Waals surface area contributed by atoms with E-state index in [9.17, 15) is 4.79 Å². The van der Waals surface area contributed by atoms with Gasteiger partial charge in [-0.05, 0) is 37.1 Å². The SMILES string of the molecule is O=C1CC(Oc2ccc(Cl)cc2)C12CCCC2. The first kappa shape index (κ1) is 11.1. The largest absolute Gasteiger partial charge is 0.489 e. The van der Waals surface area contributed by atoms with Crippen LogP contribution in [0, 0.1) is 5.41 Å². The summed E-state index contributed by atoms with van der Waals surface area (Å²) in [5.41, 5.74) is -0.153. The molecule has 0 saturated heterocycles. The van der Waals surface area contributed by atoms with Crippen molar-refractivity contribution in [3.63, 3.8) is 0 Å². The molecule has 17 heavy (non-hydrogen) atoms. The van der Waals surface area contributed by atoms with Crippen LogP contribution in [0.3, 0.4) is 0 Å². The number of halogens is 1. The second-order valence-electron chi connectivity index (χ2n) is 5.05. The number of ketones is 1. The number of hydrogen-bond acceptors (Lipinski definition) is 2. The third-order valence-electron chi connectivity index (χ3n) is 4.13. The summed E-state index contributed by atoms with van der Waals surface area (Å²) >= 11 is 5.83. The fraction of sp³-hybridized carbons (Fsp3) is 0.500. The average Bonchev–Trinajstić information content (AvgIpc) is 2.83. The van der Waals surface area contributed by atoms with Gasteiger partial charge >= 0.3 is 0 Å². The van der Waals surface area contributed by atoms with Crippen molar-refractivity contribution in [2.45, 2.75) is 38.2 Å². The third-order valence-corrected chi connectivity index (χ3v) is 4.38. The van der Waals surface area contributed by atoms with Gasteiger partial charge in [0.05, 0.1) is 5.41 Å². The highest BCUT2D eigenvalue weighted by Crippen LogP contribution is 2.51. The fourth-order valence-electron chi connectivity index (χ4n) is 3.05. The molecule has 2 nitrogen and oxygen atoms in total. The Morgan fingerprint density at radius 3 is 2.41 bits per heavy atom. The Kier molecular flexibility index (Phi) is 2.62. The highest BCUT2D eigenvalue weighted by Gasteiger charge is 2.57. The van der Waals surface area contributed by atoms with E-state index in [0.29, 0.717) is 17.2 Å². The van der Waals surface area contributed by atoms with Crippen molar-refractivity contribution in [1.29, 1.82) is 0 Å². The van der Waals surface area contributed by atoms with Gasteiger partial charge in [0.1, 0.15) is 17.6 Å². The number of ether oxygens (including phenoxy) is 1. The van der Waals surface area contributed by atoms with Crippen LogP contribution in [0.1, 0.15) is 32.1 Å². The monoisotopic (exact) mass is 250 g/mol. The van der Waals surface area contributed by atoms with Gasteiger partial charge < -0.3 is 4.74 Å². The quantitative estimate of drug-likeness (QED) is 0.801. The first-order valence-corrected chi connectivity index (χ1v) is 6.54. The van der Waals surface area contributed by atoms with Crippen LogP contribution < -0.4 is 4.74 Å². The molecule has 1 spiro atoms. The number of carbonyl (C=O) groups is 1. The van der Waals surface area contributed by atoms with Crippen LogP contribution in [-0.4, -0.2) is 11.9 Å². The molecule has 0 bridgehead atoms. The van der Waals surface area contributed by atoms with Crippen LogP contribution in [0.4, 0.5) is 0 Å². The van der Waals surface area contributed by atoms with Crippen LogP contribution in [0.25, 0.3) is 0 Å². The number of hydrogen-bond donors (Lipinski definition) is 0. The summed E-state index contributed by atoms with van der Waals surface area (Å²) in [4.78, 5) is 11.8. The smallest absolute Gasteiger partial charge is 0.146 e. The number of benzene rings is 1. The number of carbonyl (C=O) groups excluding carboxylic acids is 1. The lowest BCUT2D eigenvalue weighted by Crippen LogP contribution is -2.55. The van der Waals surface area contributed by atoms with Crippen LogP contribution in [0.15, 0.2) is 24.3 Å². The highest BCUT2D eigenvalue weighted by atomic mass is 35.5. The Balaban J connectivity index is 1.74. The summed E-state index contributed by atoms with van der Waals surface area (Å²) in [5, 5.41) is 0.706. The van der Waals surface area contributed by atoms with Crippen molar-refractivity contribution in [3.8, 4) is 5.75 Å². The lowest BCUT2D eigenvalue weighted by molar-refractivity contribution is -0.151. The van der Waals surface area contributed by atoms with Crippen molar-refractivity contribution in [2.24, 2.45) is 5.41 Å². The van der Waals surface area contributed by atoms with Gasteiger partial charge in [-0.25, -0.2) is 0 Å². The van der Waals surface area contributed by atoms with E-state index in [1.165, 1.54) is 0 Å². The minimum atomic E-state index is -0.153. The number of Topliss-reactive ketones (excluding diaryl/α,β-unsaturated/α-hetero) is 1. The second-order valence-corrected chi connectivity index (χ2v) is 5.49. The molecule has 0 amide bonds. The maximum absolute atomic E-state index is 11.8. The summed E-state index contributed by atoms with van der Waals surface area (Å²) in [6.07, 6.45) is 4.98. The van der Waals surface area contributed by atoms with Gasteiger partial charge in [-0.3, -0.25) is 4.79 Å². The molecule has 1 aromatic carbocycles. The van der Waals surface area contributed by atoms with Crippen molar-refractivity contribution in [3.05, 3.63) is 29.3 Å². The van der Waals surface area contributed by atoms with Crippen molar-refractivity contribution in [2.75, 3.05) is 0 Å². The number of rotatable bonds is 2. The molecule has 1 aromatic rings. The van der Waals surface area contributed by atoms with E-state index in [4.69, 9.17) is 16.3 Å². The third kappa shape index (κ3) is 1.75. The predicted molar refractivity (Wildman–Crippen MR) is 66.4 cm³/mol. The van der Waals surface area contributed by atoms with Crippen LogP contribution >= 0.6 is 11.6 Å². The first-order chi connectivity index (χ1) is 8.21. The lowest BCUT2D eigenvalue weighted by Gasteiger charge is -2.44. The molecule has 2 aliphatic rings. The second kappa shape index (κ2) is 4.02. The Morgan fingerprint density at radius 2 is 1.82 bits per heavy atom. The zero-order valence-corrected chi connectivity index (χ0v) is 10.4. The van der Waals surface area contributed by atoms with Gasteiger partial charge in [-0.15, -0.1) is 0 Å². The topological polar surface area (TPSA) is 26.3 Å². The molecule has 2 fully saturated rings. The van der Waals surface area contributed by atoms with Crippen molar-refractivity contribution >= 4 is 17.4 Å². The van der Waals surface area contributed by atoms with Crippen LogP contribution in [0.5, 0.6) is 5.75 Å². The molecule has 2 saturated carbocycles. The molecule has 1 atom stereocenters.